The van der Waals surface area contributed by atoms with Gasteiger partial charge in [-0.3, -0.25) is 4.79 Å². The third-order valence-electron chi connectivity index (χ3n) is 5.16. The minimum Gasteiger partial charge on any atom is -0.351 e. The van der Waals surface area contributed by atoms with Crippen LogP contribution in [0.1, 0.15) is 58.8 Å². The molecule has 2 bridgehead atoms. The lowest BCUT2D eigenvalue weighted by Crippen LogP contribution is -2.60. The molecule has 3 saturated carbocycles. The Hall–Kier alpha value is -1.25. The minimum atomic E-state index is -4.15. The largest absolute Gasteiger partial charge is 0.394 e. The van der Waals surface area contributed by atoms with Crippen molar-refractivity contribution in [1.82, 2.24) is 5.32 Å². The van der Waals surface area contributed by atoms with Crippen LogP contribution in [-0.2, 0) is 4.79 Å². The van der Waals surface area contributed by atoms with Gasteiger partial charge in [-0.15, -0.1) is 0 Å². The zero-order valence-electron chi connectivity index (χ0n) is 12.4. The number of nitrogens with one attached hydrogen (secondary N) is 1. The van der Waals surface area contributed by atoms with Crippen LogP contribution < -0.4 is 5.32 Å². The first-order valence-corrected chi connectivity index (χ1v) is 7.32. The first-order chi connectivity index (χ1) is 9.53. The van der Waals surface area contributed by atoms with Gasteiger partial charge in [0.15, 0.2) is 0 Å². The Labute approximate surface area is 122 Å². The highest BCUT2D eigenvalue weighted by molar-refractivity contribution is 5.78. The van der Waals surface area contributed by atoms with E-state index in [-0.39, 0.29) is 31.6 Å². The van der Waals surface area contributed by atoms with Crippen molar-refractivity contribution >= 4 is 5.91 Å². The molecule has 0 aromatic rings. The number of amides is 1. The first kappa shape index (κ1) is 16.1. The summed E-state index contributed by atoms with van der Waals surface area (Å²) < 4.78 is 39.5. The summed E-state index contributed by atoms with van der Waals surface area (Å²) in [5.41, 5.74) is -2.78. The van der Waals surface area contributed by atoms with Crippen LogP contribution in [-0.4, -0.2) is 17.6 Å². The summed E-state index contributed by atoms with van der Waals surface area (Å²) >= 11 is 0. The van der Waals surface area contributed by atoms with E-state index < -0.39 is 22.5 Å². The number of alkyl halides is 3. The molecule has 0 atom stereocenters. The molecule has 118 valence electrons. The van der Waals surface area contributed by atoms with E-state index in [0.717, 1.165) is 0 Å². The van der Waals surface area contributed by atoms with Crippen LogP contribution >= 0.6 is 0 Å². The molecular formula is C15H21F3N2O. The summed E-state index contributed by atoms with van der Waals surface area (Å²) in [6.07, 6.45) is -2.64. The van der Waals surface area contributed by atoms with Crippen LogP contribution in [0.25, 0.3) is 0 Å². The van der Waals surface area contributed by atoms with E-state index in [1.807, 2.05) is 0 Å². The van der Waals surface area contributed by atoms with Crippen molar-refractivity contribution in [3.05, 3.63) is 0 Å². The Bertz CT molecular complexity index is 452. The van der Waals surface area contributed by atoms with Gasteiger partial charge in [-0.05, 0) is 52.4 Å². The number of halogens is 3. The van der Waals surface area contributed by atoms with Crippen LogP contribution in [0.15, 0.2) is 0 Å². The van der Waals surface area contributed by atoms with Gasteiger partial charge in [-0.25, -0.2) is 0 Å². The summed E-state index contributed by atoms with van der Waals surface area (Å²) in [5.74, 6) is -0.233. The maximum absolute atomic E-state index is 13.2. The average molecular weight is 302 g/mol. The summed E-state index contributed by atoms with van der Waals surface area (Å²) in [5, 5.41) is 11.9. The summed E-state index contributed by atoms with van der Waals surface area (Å²) in [4.78, 5) is 12.1. The number of fused-ring (bicyclic) bond motifs is 3. The number of nitriles is 1. The van der Waals surface area contributed by atoms with Gasteiger partial charge in [0.05, 0.1) is 16.9 Å². The predicted molar refractivity (Wildman–Crippen MR) is 71.1 cm³/mol. The SMILES string of the molecule is CC(C)(C#N)CC(=O)NC12CCC(C(F)(F)F)(CC1)CC2. The lowest BCUT2D eigenvalue weighted by Gasteiger charge is -2.54. The lowest BCUT2D eigenvalue weighted by molar-refractivity contribution is -0.254. The van der Waals surface area contributed by atoms with Crippen LogP contribution in [0.2, 0.25) is 0 Å². The maximum Gasteiger partial charge on any atom is 0.394 e. The second-order valence-electron chi connectivity index (χ2n) is 7.28. The molecule has 0 aromatic heterocycles. The molecule has 21 heavy (non-hydrogen) atoms. The highest BCUT2D eigenvalue weighted by Gasteiger charge is 2.61. The third-order valence-corrected chi connectivity index (χ3v) is 5.16. The summed E-state index contributed by atoms with van der Waals surface area (Å²) in [6, 6.07) is 2.07. The Balaban J connectivity index is 2.00. The van der Waals surface area contributed by atoms with E-state index in [9.17, 15) is 18.0 Å². The Morgan fingerprint density at radius 2 is 1.62 bits per heavy atom. The molecule has 3 nitrogen and oxygen atoms in total. The standard InChI is InChI=1S/C15H21F3N2O/c1-12(2,10-19)9-11(21)20-14-6-3-13(4-7-14,5-8-14)15(16,17)18/h3-9H2,1-2H3,(H,20,21). The van der Waals surface area contributed by atoms with Crippen LogP contribution in [0, 0.1) is 22.2 Å². The Morgan fingerprint density at radius 1 is 1.14 bits per heavy atom. The van der Waals surface area contributed by atoms with Crippen molar-refractivity contribution < 1.29 is 18.0 Å². The molecule has 3 aliphatic carbocycles. The number of hydrogen-bond acceptors (Lipinski definition) is 2. The van der Waals surface area contributed by atoms with Gasteiger partial charge < -0.3 is 5.32 Å². The first-order valence-electron chi connectivity index (χ1n) is 7.32. The summed E-state index contributed by atoms with van der Waals surface area (Å²) in [6.45, 7) is 3.36. The molecule has 1 amide bonds. The number of carbonyl (C=O) groups excluding carboxylic acids is 1. The normalized spacial score (nSPS) is 32.6. The molecule has 1 N–H and O–H groups in total. The monoisotopic (exact) mass is 302 g/mol. The predicted octanol–water partition coefficient (Wildman–Crippen LogP) is 3.70. The second kappa shape index (κ2) is 4.89. The van der Waals surface area contributed by atoms with E-state index in [1.165, 1.54) is 0 Å². The van der Waals surface area contributed by atoms with E-state index in [4.69, 9.17) is 5.26 Å². The summed E-state index contributed by atoms with van der Waals surface area (Å²) in [7, 11) is 0. The van der Waals surface area contributed by atoms with E-state index in [1.54, 1.807) is 13.8 Å². The molecule has 0 spiro atoms. The lowest BCUT2D eigenvalue weighted by atomic mass is 9.57. The molecule has 3 rings (SSSR count). The van der Waals surface area contributed by atoms with Gasteiger partial charge in [0.25, 0.3) is 0 Å². The smallest absolute Gasteiger partial charge is 0.351 e. The number of rotatable bonds is 3. The van der Waals surface area contributed by atoms with Crippen molar-refractivity contribution in [1.29, 1.82) is 5.26 Å². The molecule has 0 unspecified atom stereocenters. The van der Waals surface area contributed by atoms with Crippen molar-refractivity contribution in [2.75, 3.05) is 0 Å². The highest BCUT2D eigenvalue weighted by atomic mass is 19.4. The van der Waals surface area contributed by atoms with Crippen molar-refractivity contribution in [3.8, 4) is 6.07 Å². The van der Waals surface area contributed by atoms with Crippen molar-refractivity contribution in [3.63, 3.8) is 0 Å². The van der Waals surface area contributed by atoms with Crippen molar-refractivity contribution in [2.24, 2.45) is 10.8 Å². The van der Waals surface area contributed by atoms with Gasteiger partial charge in [-0.1, -0.05) is 0 Å². The van der Waals surface area contributed by atoms with Gasteiger partial charge in [0.1, 0.15) is 0 Å². The van der Waals surface area contributed by atoms with E-state index in [2.05, 4.69) is 11.4 Å². The van der Waals surface area contributed by atoms with Gasteiger partial charge >= 0.3 is 6.18 Å². The molecule has 0 aliphatic heterocycles. The van der Waals surface area contributed by atoms with E-state index in [0.29, 0.717) is 19.3 Å². The van der Waals surface area contributed by atoms with Gasteiger partial charge in [-0.2, -0.15) is 18.4 Å². The average Bonchev–Trinajstić information content (AvgIpc) is 2.38. The van der Waals surface area contributed by atoms with Crippen LogP contribution in [0.3, 0.4) is 0 Å². The minimum absolute atomic E-state index is 0.0790. The third kappa shape index (κ3) is 3.02. The number of carbonyl (C=O) groups is 1. The fourth-order valence-electron chi connectivity index (χ4n) is 3.58. The Kier molecular flexibility index (Phi) is 3.76. The van der Waals surface area contributed by atoms with E-state index >= 15 is 0 Å². The molecule has 0 saturated heterocycles. The molecule has 3 aliphatic rings. The van der Waals surface area contributed by atoms with Gasteiger partial charge in [0.2, 0.25) is 5.91 Å². The zero-order valence-corrected chi connectivity index (χ0v) is 12.4. The fourth-order valence-corrected chi connectivity index (χ4v) is 3.58. The molecule has 0 radical (unpaired) electrons. The molecular weight excluding hydrogens is 281 g/mol. The topological polar surface area (TPSA) is 52.9 Å². The maximum atomic E-state index is 13.2. The molecule has 3 fully saturated rings. The van der Waals surface area contributed by atoms with Gasteiger partial charge in [0, 0.05) is 12.0 Å². The fraction of sp³-hybridized carbons (Fsp3) is 0.867. The highest BCUT2D eigenvalue weighted by Crippen LogP contribution is 2.59. The number of nitrogens with zero attached hydrogens (tertiary/aromatic N) is 1. The molecule has 6 heteroatoms. The number of hydrogen-bond donors (Lipinski definition) is 1. The van der Waals surface area contributed by atoms with Crippen LogP contribution in [0.5, 0.6) is 0 Å². The van der Waals surface area contributed by atoms with Crippen LogP contribution in [0.4, 0.5) is 13.2 Å². The zero-order chi connectivity index (χ0) is 15.9. The quantitative estimate of drug-likeness (QED) is 0.864. The molecule has 0 heterocycles. The Morgan fingerprint density at radius 3 is 2.00 bits per heavy atom. The second-order valence-corrected chi connectivity index (χ2v) is 7.28. The van der Waals surface area contributed by atoms with Crippen molar-refractivity contribution in [2.45, 2.75) is 70.5 Å². The molecule has 0 aromatic carbocycles.